The minimum absolute atomic E-state index is 0.106. The molecule has 2 aliphatic rings. The minimum atomic E-state index is -0.757. The normalized spacial score (nSPS) is 34.9. The smallest absolute Gasteiger partial charge is 0.151 e. The predicted octanol–water partition coefficient (Wildman–Crippen LogP) is 2.87. The lowest BCUT2D eigenvalue weighted by molar-refractivity contribution is -0.198. The molecule has 0 N–H and O–H groups in total. The highest BCUT2D eigenvalue weighted by atomic mass is 16.7. The third-order valence-corrected chi connectivity index (χ3v) is 6.68. The quantitative estimate of drug-likeness (QED) is 0.201. The number of hydrogen-bond donors (Lipinski definition) is 0. The van der Waals surface area contributed by atoms with Gasteiger partial charge in [-0.25, -0.2) is 0 Å². The van der Waals surface area contributed by atoms with Gasteiger partial charge in [-0.15, -0.1) is 0 Å². The van der Waals surface area contributed by atoms with Crippen LogP contribution in [-0.4, -0.2) is 96.1 Å². The van der Waals surface area contributed by atoms with Crippen LogP contribution in [0.5, 0.6) is 0 Å². The van der Waals surface area contributed by atoms with E-state index in [0.29, 0.717) is 32.8 Å². The van der Waals surface area contributed by atoms with Gasteiger partial charge in [0, 0.05) is 27.4 Å². The Hall–Kier alpha value is -0.650. The molecular weight excluding hydrogens is 432 g/mol. The molecule has 2 heterocycles. The van der Waals surface area contributed by atoms with E-state index in [-0.39, 0.29) is 31.9 Å². The Kier molecular flexibility index (Phi) is 12.7. The molecule has 0 aromatic carbocycles. The Morgan fingerprint density at radius 3 is 2.12 bits per heavy atom. The molecule has 0 amide bonds. The number of ether oxygens (including phenoxy) is 8. The zero-order valence-electron chi connectivity index (χ0n) is 21.0. The van der Waals surface area contributed by atoms with Crippen LogP contribution in [-0.2, 0) is 42.7 Å². The first-order chi connectivity index (χ1) is 15.9. The van der Waals surface area contributed by atoms with Crippen LogP contribution in [0.1, 0.15) is 59.3 Å². The van der Waals surface area contributed by atoms with Crippen molar-refractivity contribution >= 4 is 6.29 Å². The number of methoxy groups -OCH3 is 2. The van der Waals surface area contributed by atoms with Crippen LogP contribution in [0.15, 0.2) is 0 Å². The zero-order valence-corrected chi connectivity index (χ0v) is 21.0. The molecule has 2 aliphatic heterocycles. The molecule has 0 bridgehead atoms. The fourth-order valence-corrected chi connectivity index (χ4v) is 4.52. The van der Waals surface area contributed by atoms with Crippen LogP contribution in [0, 0.1) is 0 Å². The minimum Gasteiger partial charge on any atom is -0.379 e. The van der Waals surface area contributed by atoms with Crippen LogP contribution < -0.4 is 0 Å². The van der Waals surface area contributed by atoms with Gasteiger partial charge in [0.1, 0.15) is 25.3 Å². The van der Waals surface area contributed by atoms with Crippen molar-refractivity contribution in [3.8, 4) is 0 Å². The largest absolute Gasteiger partial charge is 0.379 e. The van der Waals surface area contributed by atoms with E-state index in [1.54, 1.807) is 14.2 Å². The van der Waals surface area contributed by atoms with Crippen molar-refractivity contribution in [3.63, 3.8) is 0 Å². The predicted molar refractivity (Wildman–Crippen MR) is 121 cm³/mol. The summed E-state index contributed by atoms with van der Waals surface area (Å²) in [6, 6.07) is 0. The average Bonchev–Trinajstić information content (AvgIpc) is 3.03. The molecule has 2 rings (SSSR count). The van der Waals surface area contributed by atoms with Crippen LogP contribution in [0.3, 0.4) is 0 Å². The fourth-order valence-electron chi connectivity index (χ4n) is 4.52. The van der Waals surface area contributed by atoms with Gasteiger partial charge in [-0.05, 0) is 59.3 Å². The molecule has 0 saturated carbocycles. The highest BCUT2D eigenvalue weighted by molar-refractivity contribution is 5.58. The van der Waals surface area contributed by atoms with Gasteiger partial charge in [0.25, 0.3) is 0 Å². The van der Waals surface area contributed by atoms with E-state index in [0.717, 1.165) is 38.4 Å². The molecule has 0 aliphatic carbocycles. The summed E-state index contributed by atoms with van der Waals surface area (Å²) in [5, 5.41) is 0. The van der Waals surface area contributed by atoms with Gasteiger partial charge in [0.05, 0.1) is 37.1 Å². The monoisotopic (exact) mass is 476 g/mol. The van der Waals surface area contributed by atoms with E-state index in [1.165, 1.54) is 0 Å². The number of carbonyl (C=O) groups excluding carboxylic acids is 1. The maximum atomic E-state index is 11.9. The summed E-state index contributed by atoms with van der Waals surface area (Å²) >= 11 is 0. The van der Waals surface area contributed by atoms with Crippen LogP contribution >= 0.6 is 0 Å². The van der Waals surface area contributed by atoms with E-state index in [9.17, 15) is 4.79 Å². The summed E-state index contributed by atoms with van der Waals surface area (Å²) in [6.07, 6.45) is 4.04. The number of rotatable bonds is 15. The van der Waals surface area contributed by atoms with E-state index in [4.69, 9.17) is 37.9 Å². The van der Waals surface area contributed by atoms with Gasteiger partial charge in [0.2, 0.25) is 0 Å². The number of carbonyl (C=O) groups is 1. The zero-order chi connectivity index (χ0) is 24.2. The molecule has 2 saturated heterocycles. The highest BCUT2D eigenvalue weighted by Gasteiger charge is 2.48. The lowest BCUT2D eigenvalue weighted by Crippen LogP contribution is -2.45. The summed E-state index contributed by atoms with van der Waals surface area (Å²) in [6.45, 7) is 8.76. The molecule has 33 heavy (non-hydrogen) atoms. The molecule has 0 spiro atoms. The molecule has 0 radical (unpaired) electrons. The van der Waals surface area contributed by atoms with Crippen LogP contribution in [0.2, 0.25) is 0 Å². The third-order valence-electron chi connectivity index (χ3n) is 6.68. The maximum Gasteiger partial charge on any atom is 0.151 e. The van der Waals surface area contributed by atoms with Gasteiger partial charge < -0.3 is 42.7 Å². The average molecular weight is 477 g/mol. The van der Waals surface area contributed by atoms with E-state index < -0.39 is 17.3 Å². The topological polar surface area (TPSA) is 90.9 Å². The first-order valence-electron chi connectivity index (χ1n) is 12.1. The number of aldehydes is 1. The molecule has 0 aromatic rings. The maximum absolute atomic E-state index is 11.9. The molecule has 0 aromatic heterocycles. The second kappa shape index (κ2) is 14.7. The molecule has 0 unspecified atom stereocenters. The van der Waals surface area contributed by atoms with E-state index in [1.807, 2.05) is 13.8 Å². The van der Waals surface area contributed by atoms with Crippen LogP contribution in [0.25, 0.3) is 0 Å². The van der Waals surface area contributed by atoms with Gasteiger partial charge in [-0.1, -0.05) is 0 Å². The van der Waals surface area contributed by atoms with Crippen molar-refractivity contribution < 1.29 is 42.7 Å². The van der Waals surface area contributed by atoms with E-state index in [2.05, 4.69) is 6.92 Å². The highest BCUT2D eigenvalue weighted by Crippen LogP contribution is 2.40. The fraction of sp³-hybridized carbons (Fsp3) is 0.958. The van der Waals surface area contributed by atoms with Gasteiger partial charge in [0.15, 0.2) is 6.29 Å². The van der Waals surface area contributed by atoms with Gasteiger partial charge >= 0.3 is 0 Å². The van der Waals surface area contributed by atoms with Crippen molar-refractivity contribution in [3.05, 3.63) is 0 Å². The molecular formula is C24H44O9. The Morgan fingerprint density at radius 1 is 0.879 bits per heavy atom. The van der Waals surface area contributed by atoms with Crippen molar-refractivity contribution in [1.82, 2.24) is 0 Å². The molecule has 194 valence electrons. The second-order valence-corrected chi connectivity index (χ2v) is 9.15. The summed E-state index contributed by atoms with van der Waals surface area (Å²) in [4.78, 5) is 11.9. The summed E-state index contributed by atoms with van der Waals surface area (Å²) in [5.74, 6) is 0. The molecule has 9 heteroatoms. The number of hydrogen-bond acceptors (Lipinski definition) is 9. The summed E-state index contributed by atoms with van der Waals surface area (Å²) < 4.78 is 46.2. The standard InChI is InChI=1S/C24H44O9/c1-6-28-14-15-29-13-7-8-21-23(2,30-17-26-4)11-9-20-19(32-21)10-12-24(3,31-18-27-5)22(16-25)33-20/h16,19-22H,6-15,17-18H2,1-5H3/t19-,20+,21+,22-,23-,24-/m0/s1. The second-order valence-electron chi connectivity index (χ2n) is 9.15. The Bertz CT molecular complexity index is 548. The first-order valence-corrected chi connectivity index (χ1v) is 12.1. The van der Waals surface area contributed by atoms with Crippen molar-refractivity contribution in [1.29, 1.82) is 0 Å². The van der Waals surface area contributed by atoms with Crippen molar-refractivity contribution in [2.75, 3.05) is 54.2 Å². The van der Waals surface area contributed by atoms with E-state index >= 15 is 0 Å². The lowest BCUT2D eigenvalue weighted by Gasteiger charge is -2.37. The Balaban J connectivity index is 2.06. The molecule has 9 nitrogen and oxygen atoms in total. The third kappa shape index (κ3) is 8.50. The molecule has 2 fully saturated rings. The molecule has 6 atom stereocenters. The Labute approximate surface area is 198 Å². The summed E-state index contributed by atoms with van der Waals surface area (Å²) in [5.41, 5.74) is -1.28. The Morgan fingerprint density at radius 2 is 1.48 bits per heavy atom. The van der Waals surface area contributed by atoms with Crippen molar-refractivity contribution in [2.24, 2.45) is 0 Å². The van der Waals surface area contributed by atoms with Crippen LogP contribution in [0.4, 0.5) is 0 Å². The number of fused-ring (bicyclic) bond motifs is 1. The SMILES string of the molecule is CCOCCOCCC[C@H]1O[C@H]2CC[C@](C)(OCOC)[C@H](C=O)O[C@@H]2CC[C@]1(C)OCOC. The van der Waals surface area contributed by atoms with Crippen molar-refractivity contribution in [2.45, 2.75) is 94.9 Å². The van der Waals surface area contributed by atoms with Gasteiger partial charge in [-0.2, -0.15) is 0 Å². The first kappa shape index (κ1) is 28.6. The summed E-state index contributed by atoms with van der Waals surface area (Å²) in [7, 11) is 3.18. The van der Waals surface area contributed by atoms with Gasteiger partial charge in [-0.3, -0.25) is 0 Å². The lowest BCUT2D eigenvalue weighted by atomic mass is 9.90.